The maximum absolute atomic E-state index is 14.1. The number of carboxylic acid groups (broad SMARTS) is 3. The van der Waals surface area contributed by atoms with E-state index in [0.29, 0.717) is 35.7 Å². The van der Waals surface area contributed by atoms with Crippen LogP contribution in [0.2, 0.25) is 0 Å². The van der Waals surface area contributed by atoms with E-state index in [2.05, 4.69) is 60.1 Å². The second-order valence-electron chi connectivity index (χ2n) is 17.2. The van der Waals surface area contributed by atoms with Gasteiger partial charge in [0.05, 0.1) is 19.1 Å². The summed E-state index contributed by atoms with van der Waals surface area (Å²) >= 11 is 4.13. The summed E-state index contributed by atoms with van der Waals surface area (Å²) in [7, 11) is 0. The van der Waals surface area contributed by atoms with E-state index in [-0.39, 0.29) is 31.2 Å². The molecular formula is C45H69N11O14S. The summed E-state index contributed by atoms with van der Waals surface area (Å²) in [5.74, 6) is -12.1. The van der Waals surface area contributed by atoms with E-state index in [9.17, 15) is 68.1 Å². The van der Waals surface area contributed by atoms with Crippen LogP contribution in [-0.4, -0.2) is 153 Å². The number of para-hydroxylation sites is 1. The second-order valence-corrected chi connectivity index (χ2v) is 17.6. The van der Waals surface area contributed by atoms with Crippen molar-refractivity contribution >= 4 is 88.7 Å². The van der Waals surface area contributed by atoms with Gasteiger partial charge in [-0.15, -0.1) is 0 Å². The van der Waals surface area contributed by atoms with Gasteiger partial charge in [0.15, 0.2) is 0 Å². The molecule has 0 aliphatic carbocycles. The predicted molar refractivity (Wildman–Crippen MR) is 260 cm³/mol. The smallest absolute Gasteiger partial charge is 0.326 e. The molecule has 0 radical (unpaired) electrons. The first-order valence-electron chi connectivity index (χ1n) is 23.2. The number of rotatable bonds is 33. The zero-order chi connectivity index (χ0) is 53.4. The molecule has 26 heteroatoms. The minimum absolute atomic E-state index is 0.0149. The zero-order valence-corrected chi connectivity index (χ0v) is 41.1. The molecule has 0 saturated carbocycles. The molecule has 8 atom stereocenters. The Morgan fingerprint density at radius 3 is 1.70 bits per heavy atom. The fourth-order valence-electron chi connectivity index (χ4n) is 6.90. The molecule has 2 rings (SSSR count). The van der Waals surface area contributed by atoms with Crippen molar-refractivity contribution in [3.63, 3.8) is 0 Å². The lowest BCUT2D eigenvalue weighted by Gasteiger charge is -2.26. The number of hydrogen-bond donors (Lipinski definition) is 15. The van der Waals surface area contributed by atoms with E-state index in [0.717, 1.165) is 0 Å². The van der Waals surface area contributed by atoms with E-state index >= 15 is 0 Å². The van der Waals surface area contributed by atoms with Crippen LogP contribution in [0.1, 0.15) is 84.6 Å². The molecule has 394 valence electrons. The van der Waals surface area contributed by atoms with Gasteiger partial charge in [-0.3, -0.25) is 47.9 Å². The van der Waals surface area contributed by atoms with Crippen LogP contribution in [0.3, 0.4) is 0 Å². The van der Waals surface area contributed by atoms with Crippen molar-refractivity contribution in [3.05, 3.63) is 36.0 Å². The van der Waals surface area contributed by atoms with Gasteiger partial charge >= 0.3 is 17.9 Å². The summed E-state index contributed by atoms with van der Waals surface area (Å²) in [6.45, 7) is 6.02. The SMILES string of the molecule is CC[C@H](C)[C@H](N)C(=O)N[C@H](C(=O)NCC(=O)NCC(=O)N[C@@H](Cc1c[nH]c2ccccc12)C(=O)N[C@@H](CCC(=O)O)C(=O)N[C@@H](CS)C(=O)N[C@@H](CCC(=O)O)C(=O)N[C@@H](CCCCN)C(=O)O)C(C)C. The summed E-state index contributed by atoms with van der Waals surface area (Å²) in [6.07, 6.45) is 0.501. The van der Waals surface area contributed by atoms with Crippen LogP contribution in [0, 0.1) is 11.8 Å². The average molecular weight is 1020 g/mol. The summed E-state index contributed by atoms with van der Waals surface area (Å²) in [5.41, 5.74) is 12.7. The van der Waals surface area contributed by atoms with Crippen LogP contribution in [0.4, 0.5) is 0 Å². The molecule has 1 heterocycles. The van der Waals surface area contributed by atoms with Gasteiger partial charge < -0.3 is 74.3 Å². The monoisotopic (exact) mass is 1020 g/mol. The zero-order valence-electron chi connectivity index (χ0n) is 40.2. The Balaban J connectivity index is 2.28. The molecule has 1 aromatic carbocycles. The molecule has 0 fully saturated rings. The van der Waals surface area contributed by atoms with Crippen molar-refractivity contribution in [2.24, 2.45) is 23.3 Å². The van der Waals surface area contributed by atoms with Gasteiger partial charge in [-0.05, 0) is 62.1 Å². The Morgan fingerprint density at radius 1 is 0.634 bits per heavy atom. The number of aromatic amines is 1. The number of fused-ring (bicyclic) bond motifs is 1. The fourth-order valence-corrected chi connectivity index (χ4v) is 7.15. The number of unbranched alkanes of at least 4 members (excludes halogenated alkanes) is 1. The van der Waals surface area contributed by atoms with Gasteiger partial charge in [-0.1, -0.05) is 52.3 Å². The van der Waals surface area contributed by atoms with E-state index in [1.54, 1.807) is 51.2 Å². The fraction of sp³-hybridized carbons (Fsp3) is 0.578. The van der Waals surface area contributed by atoms with Crippen molar-refractivity contribution in [1.82, 2.24) is 47.5 Å². The number of carbonyl (C=O) groups is 11. The van der Waals surface area contributed by atoms with Crippen LogP contribution in [0.15, 0.2) is 30.5 Å². The minimum Gasteiger partial charge on any atom is -0.481 e. The topological polar surface area (TPSA) is 413 Å². The van der Waals surface area contributed by atoms with Crippen LogP contribution >= 0.6 is 12.6 Å². The molecule has 16 N–H and O–H groups in total. The number of nitrogens with two attached hydrogens (primary N) is 2. The number of H-pyrrole nitrogens is 1. The van der Waals surface area contributed by atoms with Crippen LogP contribution < -0.4 is 54.0 Å². The van der Waals surface area contributed by atoms with Crippen molar-refractivity contribution in [2.75, 3.05) is 25.4 Å². The van der Waals surface area contributed by atoms with E-state index in [1.165, 1.54) is 0 Å². The standard InChI is InChI=1S/C45H69N11O14S/c1-5-24(4)37(47)43(67)56-38(23(2)3)44(68)50-20-33(57)49-21-34(58)51-31(18-25-19-48-27-11-7-6-10-26(25)27)41(65)52-29(14-16-36(61)62)40(64)55-32(22-71)42(66)53-28(13-15-35(59)60)39(63)54-30(45(69)70)12-8-9-17-46/h6-7,10-11,19,23-24,28-32,37-38,48,71H,5,8-9,12-18,20-22,46-47H2,1-4H3,(H,49,57)(H,50,68)(H,51,58)(H,52,65)(H,53,66)(H,54,63)(H,55,64)(H,56,67)(H,59,60)(H,61,62)(H,69,70)/t24-,28-,29-,30-,31-,32-,37-,38-/m0/s1. The molecule has 0 aliphatic heterocycles. The van der Waals surface area contributed by atoms with E-state index < -0.39 is 152 Å². The summed E-state index contributed by atoms with van der Waals surface area (Å²) in [4.78, 5) is 145. The Labute approximate surface area is 415 Å². The molecule has 8 amide bonds. The normalized spacial score (nSPS) is 14.5. The number of carbonyl (C=O) groups excluding carboxylic acids is 8. The van der Waals surface area contributed by atoms with Gasteiger partial charge in [0.1, 0.15) is 36.3 Å². The first kappa shape index (κ1) is 60.3. The van der Waals surface area contributed by atoms with Crippen LogP contribution in [-0.2, 0) is 59.2 Å². The molecule has 0 spiro atoms. The lowest BCUT2D eigenvalue weighted by Crippen LogP contribution is -2.59. The third-order valence-corrected chi connectivity index (χ3v) is 11.7. The predicted octanol–water partition coefficient (Wildman–Crippen LogP) is -2.25. The average Bonchev–Trinajstić information content (AvgIpc) is 3.74. The van der Waals surface area contributed by atoms with Gasteiger partial charge in [-0.2, -0.15) is 12.6 Å². The van der Waals surface area contributed by atoms with Gasteiger partial charge in [0, 0.05) is 42.1 Å². The first-order valence-corrected chi connectivity index (χ1v) is 23.8. The number of hydrogen-bond acceptors (Lipinski definition) is 14. The number of aliphatic carboxylic acids is 3. The lowest BCUT2D eigenvalue weighted by atomic mass is 9.97. The second kappa shape index (κ2) is 30.7. The molecule has 1 aromatic heterocycles. The van der Waals surface area contributed by atoms with E-state index in [1.807, 2.05) is 6.92 Å². The lowest BCUT2D eigenvalue weighted by molar-refractivity contribution is -0.143. The first-order chi connectivity index (χ1) is 33.5. The van der Waals surface area contributed by atoms with Gasteiger partial charge in [-0.25, -0.2) is 4.79 Å². The highest BCUT2D eigenvalue weighted by molar-refractivity contribution is 7.80. The maximum atomic E-state index is 14.1. The van der Waals surface area contributed by atoms with E-state index in [4.69, 9.17) is 11.5 Å². The summed E-state index contributed by atoms with van der Waals surface area (Å²) in [6, 6.07) is -2.59. The third kappa shape index (κ3) is 21.0. The number of nitrogens with one attached hydrogen (secondary N) is 9. The Kier molecular flexibility index (Phi) is 26.1. The van der Waals surface area contributed by atoms with Crippen LogP contribution in [0.5, 0.6) is 0 Å². The summed E-state index contributed by atoms with van der Waals surface area (Å²) < 4.78 is 0. The largest absolute Gasteiger partial charge is 0.481 e. The van der Waals surface area contributed by atoms with Crippen LogP contribution in [0.25, 0.3) is 10.9 Å². The van der Waals surface area contributed by atoms with Crippen molar-refractivity contribution in [1.29, 1.82) is 0 Å². The summed E-state index contributed by atoms with van der Waals surface area (Å²) in [5, 5.41) is 48.4. The highest BCUT2D eigenvalue weighted by atomic mass is 32.1. The maximum Gasteiger partial charge on any atom is 0.326 e. The number of carboxylic acids is 3. The molecule has 0 unspecified atom stereocenters. The molecule has 25 nitrogen and oxygen atoms in total. The molecule has 0 aliphatic rings. The van der Waals surface area contributed by atoms with Gasteiger partial charge in [0.25, 0.3) is 0 Å². The Hall–Kier alpha value is -6.80. The molecule has 0 bridgehead atoms. The third-order valence-electron chi connectivity index (χ3n) is 11.4. The Bertz CT molecular complexity index is 2190. The number of benzene rings is 1. The number of aromatic nitrogens is 1. The molecule has 2 aromatic rings. The minimum atomic E-state index is -1.67. The van der Waals surface area contributed by atoms with Gasteiger partial charge in [0.2, 0.25) is 47.3 Å². The number of thiol groups is 1. The highest BCUT2D eigenvalue weighted by Crippen LogP contribution is 2.19. The van der Waals surface area contributed by atoms with Crippen molar-refractivity contribution in [2.45, 2.75) is 128 Å². The molecule has 71 heavy (non-hydrogen) atoms. The highest BCUT2D eigenvalue weighted by Gasteiger charge is 2.34. The quantitative estimate of drug-likeness (QED) is 0.0265. The van der Waals surface area contributed by atoms with Crippen molar-refractivity contribution in [3.8, 4) is 0 Å². The van der Waals surface area contributed by atoms with Crippen molar-refractivity contribution < 1.29 is 68.1 Å². The molecule has 0 saturated heterocycles. The number of amides is 8. The molecular weight excluding hydrogens is 951 g/mol. The Morgan fingerprint density at radius 2 is 1.17 bits per heavy atom.